The van der Waals surface area contributed by atoms with Crippen LogP contribution in [-0.2, 0) is 24.2 Å². The maximum atomic E-state index is 13.2. The Morgan fingerprint density at radius 1 is 1.19 bits per heavy atom. The van der Waals surface area contributed by atoms with Crippen molar-refractivity contribution < 1.29 is 14.3 Å². The number of benzene rings is 1. The zero-order valence-electron chi connectivity index (χ0n) is 14.5. The molecule has 0 saturated carbocycles. The lowest BCUT2D eigenvalue weighted by molar-refractivity contribution is -0.143. The van der Waals surface area contributed by atoms with Crippen molar-refractivity contribution >= 4 is 18.4 Å². The zero-order valence-corrected chi connectivity index (χ0v) is 15.3. The normalized spacial score (nSPS) is 17.7. The Labute approximate surface area is 158 Å². The van der Waals surface area contributed by atoms with E-state index in [1.807, 2.05) is 4.68 Å². The number of hydrogen-bond acceptors (Lipinski definition) is 3. The number of carboxylic acid groups (broad SMARTS) is 1. The second-order valence-electron chi connectivity index (χ2n) is 7.00. The molecule has 0 amide bonds. The third-order valence-electron chi connectivity index (χ3n) is 5.39. The molecule has 1 aliphatic heterocycles. The van der Waals surface area contributed by atoms with E-state index in [1.165, 1.54) is 23.4 Å². The van der Waals surface area contributed by atoms with Crippen LogP contribution in [0.5, 0.6) is 0 Å². The summed E-state index contributed by atoms with van der Waals surface area (Å²) in [5, 5.41) is 13.9. The van der Waals surface area contributed by atoms with Gasteiger partial charge in [0.25, 0.3) is 0 Å². The van der Waals surface area contributed by atoms with Gasteiger partial charge in [-0.2, -0.15) is 5.10 Å². The second-order valence-corrected chi connectivity index (χ2v) is 7.00. The molecule has 5 nitrogen and oxygen atoms in total. The summed E-state index contributed by atoms with van der Waals surface area (Å²) in [5.41, 5.74) is 4.55. The molecule has 2 aromatic rings. The van der Waals surface area contributed by atoms with Gasteiger partial charge in [0, 0.05) is 12.2 Å². The predicted molar refractivity (Wildman–Crippen MR) is 98.4 cm³/mol. The molecule has 4 rings (SSSR count). The first-order valence-corrected chi connectivity index (χ1v) is 8.92. The van der Waals surface area contributed by atoms with Crippen LogP contribution >= 0.6 is 12.4 Å². The molecule has 0 bridgehead atoms. The molecule has 0 radical (unpaired) electrons. The first-order chi connectivity index (χ1) is 12.1. The molecular weight excluding hydrogens is 357 g/mol. The number of halogens is 2. The zero-order chi connectivity index (χ0) is 17.4. The molecule has 0 unspecified atom stereocenters. The standard InChI is InChI=1S/C19H22FN3O2.ClH/c20-14-4-6-15(7-5-14)23-18-3-1-2-16(18)17(21-23)12-22-10-8-13(9-11-22)19(24)25;/h4-7,13H,1-3,8-12H2,(H,24,25);1H. The van der Waals surface area contributed by atoms with Crippen LogP contribution < -0.4 is 0 Å². The van der Waals surface area contributed by atoms with Crippen LogP contribution in [0.1, 0.15) is 36.2 Å². The van der Waals surface area contributed by atoms with Gasteiger partial charge in [-0.3, -0.25) is 9.69 Å². The topological polar surface area (TPSA) is 58.4 Å². The molecule has 1 aliphatic carbocycles. The van der Waals surface area contributed by atoms with Gasteiger partial charge in [0.1, 0.15) is 5.82 Å². The fourth-order valence-corrected chi connectivity index (χ4v) is 3.99. The molecule has 1 fully saturated rings. The van der Waals surface area contributed by atoms with E-state index in [4.69, 9.17) is 10.2 Å². The van der Waals surface area contributed by atoms with Crippen molar-refractivity contribution in [3.05, 3.63) is 47.0 Å². The van der Waals surface area contributed by atoms with Crippen LogP contribution in [0.15, 0.2) is 24.3 Å². The van der Waals surface area contributed by atoms with Crippen molar-refractivity contribution in [1.82, 2.24) is 14.7 Å². The Morgan fingerprint density at radius 3 is 2.54 bits per heavy atom. The van der Waals surface area contributed by atoms with Crippen LogP contribution in [0.3, 0.4) is 0 Å². The maximum Gasteiger partial charge on any atom is 0.306 e. The second kappa shape index (κ2) is 7.76. The SMILES string of the molecule is Cl.O=C(O)C1CCN(Cc2nn(-c3ccc(F)cc3)c3c2CCC3)CC1. The molecule has 26 heavy (non-hydrogen) atoms. The Morgan fingerprint density at radius 2 is 1.88 bits per heavy atom. The molecule has 1 aromatic heterocycles. The minimum atomic E-state index is -0.680. The smallest absolute Gasteiger partial charge is 0.306 e. The third kappa shape index (κ3) is 3.62. The van der Waals surface area contributed by atoms with E-state index in [2.05, 4.69) is 4.90 Å². The van der Waals surface area contributed by atoms with Crippen LogP contribution in [0.2, 0.25) is 0 Å². The molecular formula is C19H23ClFN3O2. The number of hydrogen-bond donors (Lipinski definition) is 1. The summed E-state index contributed by atoms with van der Waals surface area (Å²) in [6.07, 6.45) is 4.58. The summed E-state index contributed by atoms with van der Waals surface area (Å²) in [7, 11) is 0. The highest BCUT2D eigenvalue weighted by molar-refractivity contribution is 5.85. The quantitative estimate of drug-likeness (QED) is 0.886. The molecule has 7 heteroatoms. The van der Waals surface area contributed by atoms with E-state index >= 15 is 0 Å². The number of nitrogens with zero attached hydrogens (tertiary/aromatic N) is 3. The summed E-state index contributed by atoms with van der Waals surface area (Å²) in [6.45, 7) is 2.37. The number of likely N-dealkylation sites (tertiary alicyclic amines) is 1. The van der Waals surface area contributed by atoms with Gasteiger partial charge in [-0.05, 0) is 75.0 Å². The van der Waals surface area contributed by atoms with Crippen molar-refractivity contribution in [2.24, 2.45) is 5.92 Å². The highest BCUT2D eigenvalue weighted by Crippen LogP contribution is 2.29. The van der Waals surface area contributed by atoms with Gasteiger partial charge in [0.2, 0.25) is 0 Å². The molecule has 1 aromatic carbocycles. The van der Waals surface area contributed by atoms with Crippen molar-refractivity contribution in [3.8, 4) is 5.69 Å². The Balaban J connectivity index is 0.00000196. The van der Waals surface area contributed by atoms with Crippen LogP contribution in [0, 0.1) is 11.7 Å². The van der Waals surface area contributed by atoms with Crippen molar-refractivity contribution in [2.75, 3.05) is 13.1 Å². The summed E-state index contributed by atoms with van der Waals surface area (Å²) in [6, 6.07) is 6.47. The maximum absolute atomic E-state index is 13.2. The largest absolute Gasteiger partial charge is 0.481 e. The van der Waals surface area contributed by atoms with Gasteiger partial charge in [-0.25, -0.2) is 9.07 Å². The van der Waals surface area contributed by atoms with E-state index in [9.17, 15) is 9.18 Å². The molecule has 2 heterocycles. The Hall–Kier alpha value is -1.92. The number of piperidine rings is 1. The minimum absolute atomic E-state index is 0. The summed E-state index contributed by atoms with van der Waals surface area (Å²) >= 11 is 0. The van der Waals surface area contributed by atoms with Gasteiger partial charge in [0.15, 0.2) is 0 Å². The monoisotopic (exact) mass is 379 g/mol. The van der Waals surface area contributed by atoms with E-state index < -0.39 is 5.97 Å². The first-order valence-electron chi connectivity index (χ1n) is 8.92. The van der Waals surface area contributed by atoms with E-state index in [1.54, 1.807) is 12.1 Å². The highest BCUT2D eigenvalue weighted by Gasteiger charge is 2.28. The molecule has 2 aliphatic rings. The molecule has 0 spiro atoms. The number of fused-ring (bicyclic) bond motifs is 1. The third-order valence-corrected chi connectivity index (χ3v) is 5.39. The van der Waals surface area contributed by atoms with Gasteiger partial charge in [-0.1, -0.05) is 0 Å². The fourth-order valence-electron chi connectivity index (χ4n) is 3.99. The van der Waals surface area contributed by atoms with Crippen molar-refractivity contribution in [3.63, 3.8) is 0 Å². The van der Waals surface area contributed by atoms with Crippen LogP contribution in [0.4, 0.5) is 4.39 Å². The molecule has 0 atom stereocenters. The average Bonchev–Trinajstić information content (AvgIpc) is 3.20. The van der Waals surface area contributed by atoms with Gasteiger partial charge in [-0.15, -0.1) is 12.4 Å². The number of carboxylic acids is 1. The lowest BCUT2D eigenvalue weighted by Gasteiger charge is -2.29. The van der Waals surface area contributed by atoms with E-state index in [0.29, 0.717) is 12.8 Å². The molecule has 1 saturated heterocycles. The molecule has 140 valence electrons. The minimum Gasteiger partial charge on any atom is -0.481 e. The number of aliphatic carboxylic acids is 1. The summed E-state index contributed by atoms with van der Waals surface area (Å²) < 4.78 is 15.2. The Kier molecular flexibility index (Phi) is 5.63. The van der Waals surface area contributed by atoms with E-state index in [0.717, 1.165) is 50.3 Å². The number of rotatable bonds is 4. The van der Waals surface area contributed by atoms with Gasteiger partial charge < -0.3 is 5.11 Å². The van der Waals surface area contributed by atoms with E-state index in [-0.39, 0.29) is 24.1 Å². The van der Waals surface area contributed by atoms with Crippen molar-refractivity contribution in [1.29, 1.82) is 0 Å². The lowest BCUT2D eigenvalue weighted by atomic mass is 9.97. The first kappa shape index (κ1) is 18.9. The predicted octanol–water partition coefficient (Wildman–Crippen LogP) is 3.22. The van der Waals surface area contributed by atoms with Gasteiger partial charge >= 0.3 is 5.97 Å². The number of aromatic nitrogens is 2. The average molecular weight is 380 g/mol. The van der Waals surface area contributed by atoms with Gasteiger partial charge in [0.05, 0.1) is 17.3 Å². The van der Waals surface area contributed by atoms with Crippen LogP contribution in [0.25, 0.3) is 5.69 Å². The fraction of sp³-hybridized carbons (Fsp3) is 0.474. The lowest BCUT2D eigenvalue weighted by Crippen LogP contribution is -2.36. The Bertz CT molecular complexity index is 783. The molecule has 1 N–H and O–H groups in total. The summed E-state index contributed by atoms with van der Waals surface area (Å²) in [5.74, 6) is -1.13. The summed E-state index contributed by atoms with van der Waals surface area (Å²) in [4.78, 5) is 13.4. The van der Waals surface area contributed by atoms with Crippen molar-refractivity contribution in [2.45, 2.75) is 38.6 Å². The van der Waals surface area contributed by atoms with Crippen LogP contribution in [-0.4, -0.2) is 38.8 Å². The number of carbonyl (C=O) groups is 1. The highest BCUT2D eigenvalue weighted by atomic mass is 35.5.